The van der Waals surface area contributed by atoms with Gasteiger partial charge >= 0.3 is 6.11 Å². The fourth-order valence-electron chi connectivity index (χ4n) is 0.544. The van der Waals surface area contributed by atoms with Crippen molar-refractivity contribution in [1.29, 1.82) is 0 Å². The van der Waals surface area contributed by atoms with Gasteiger partial charge in [-0.15, -0.1) is 0 Å². The Bertz CT molecular complexity index is 104. The van der Waals surface area contributed by atoms with E-state index in [2.05, 4.69) is 0 Å². The van der Waals surface area contributed by atoms with E-state index in [4.69, 9.17) is 9.84 Å². The van der Waals surface area contributed by atoms with Crippen LogP contribution in [0.3, 0.4) is 0 Å². The molecule has 0 radical (unpaired) electrons. The van der Waals surface area contributed by atoms with Crippen LogP contribution in [0.25, 0.3) is 0 Å². The van der Waals surface area contributed by atoms with Crippen LogP contribution < -0.4 is 0 Å². The van der Waals surface area contributed by atoms with Crippen molar-refractivity contribution in [3.8, 4) is 0 Å². The lowest BCUT2D eigenvalue weighted by molar-refractivity contribution is -0.208. The number of aliphatic hydroxyl groups is 1. The summed E-state index contributed by atoms with van der Waals surface area (Å²) in [5, 5.41) is 7.12. The molecule has 0 spiro atoms. The van der Waals surface area contributed by atoms with Crippen LogP contribution in [-0.4, -0.2) is 30.1 Å². The summed E-state index contributed by atoms with van der Waals surface area (Å²) < 4.78 is 37.0. The Hall–Kier alpha value is -0.290. The highest BCUT2D eigenvalue weighted by Crippen LogP contribution is 2.06. The van der Waals surface area contributed by atoms with Gasteiger partial charge in [-0.05, 0) is 27.7 Å². The highest BCUT2D eigenvalue weighted by molar-refractivity contribution is 4.40. The molecular weight excluding hydrogens is 185 g/mol. The molecule has 0 atom stereocenters. The first-order chi connectivity index (χ1) is 5.69. The summed E-state index contributed by atoms with van der Waals surface area (Å²) >= 11 is 0. The van der Waals surface area contributed by atoms with Gasteiger partial charge in [0.2, 0.25) is 0 Å². The van der Waals surface area contributed by atoms with Gasteiger partial charge in [0.15, 0.2) is 6.67 Å². The van der Waals surface area contributed by atoms with E-state index in [1.165, 1.54) is 0 Å². The SMILES string of the molecule is CC(C)OC(C)C.OC(F)(F)CF. The van der Waals surface area contributed by atoms with E-state index in [-0.39, 0.29) is 0 Å². The lowest BCUT2D eigenvalue weighted by Gasteiger charge is -2.09. The molecule has 0 amide bonds. The Kier molecular flexibility index (Phi) is 8.35. The molecule has 0 fully saturated rings. The van der Waals surface area contributed by atoms with E-state index in [0.29, 0.717) is 12.2 Å². The highest BCUT2D eigenvalue weighted by atomic mass is 19.3. The van der Waals surface area contributed by atoms with Crippen molar-refractivity contribution in [2.45, 2.75) is 46.0 Å². The average Bonchev–Trinajstić information content (AvgIpc) is 1.84. The van der Waals surface area contributed by atoms with Crippen molar-refractivity contribution in [2.75, 3.05) is 6.67 Å². The third-order valence-corrected chi connectivity index (χ3v) is 0.705. The number of ether oxygens (including phenoxy) is 1. The summed E-state index contributed by atoms with van der Waals surface area (Å²) in [7, 11) is 0. The molecule has 0 unspecified atom stereocenters. The predicted molar refractivity (Wildman–Crippen MR) is 44.5 cm³/mol. The fourth-order valence-corrected chi connectivity index (χ4v) is 0.544. The van der Waals surface area contributed by atoms with Crippen molar-refractivity contribution < 1.29 is 23.0 Å². The molecule has 0 heterocycles. The summed E-state index contributed by atoms with van der Waals surface area (Å²) in [6, 6.07) is 0. The number of rotatable bonds is 3. The molecule has 1 N–H and O–H groups in total. The molecule has 0 saturated carbocycles. The van der Waals surface area contributed by atoms with E-state index in [1.807, 2.05) is 27.7 Å². The van der Waals surface area contributed by atoms with Gasteiger partial charge in [-0.25, -0.2) is 4.39 Å². The van der Waals surface area contributed by atoms with Crippen LogP contribution in [0.5, 0.6) is 0 Å². The zero-order valence-corrected chi connectivity index (χ0v) is 8.35. The van der Waals surface area contributed by atoms with Crippen LogP contribution in [0, 0.1) is 0 Å². The van der Waals surface area contributed by atoms with Gasteiger partial charge in [0.25, 0.3) is 0 Å². The third kappa shape index (κ3) is 24.5. The maximum Gasteiger partial charge on any atom is 0.381 e. The second-order valence-electron chi connectivity index (χ2n) is 3.03. The van der Waals surface area contributed by atoms with Crippen LogP contribution >= 0.6 is 0 Å². The van der Waals surface area contributed by atoms with Gasteiger partial charge in [0.1, 0.15) is 0 Å². The molecule has 0 rings (SSSR count). The summed E-state index contributed by atoms with van der Waals surface area (Å²) in [4.78, 5) is 0. The Labute approximate surface area is 76.7 Å². The molecule has 0 bridgehead atoms. The second-order valence-corrected chi connectivity index (χ2v) is 3.03. The maximum atomic E-state index is 10.6. The molecule has 0 aromatic carbocycles. The Balaban J connectivity index is 0. The van der Waals surface area contributed by atoms with Crippen LogP contribution in [0.4, 0.5) is 13.2 Å². The van der Waals surface area contributed by atoms with E-state index in [9.17, 15) is 13.2 Å². The van der Waals surface area contributed by atoms with Crippen molar-refractivity contribution in [3.05, 3.63) is 0 Å². The van der Waals surface area contributed by atoms with Gasteiger partial charge in [-0.3, -0.25) is 0 Å². The molecule has 0 aromatic heterocycles. The molecule has 0 saturated heterocycles. The van der Waals surface area contributed by atoms with Crippen molar-refractivity contribution in [1.82, 2.24) is 0 Å². The predicted octanol–water partition coefficient (Wildman–Crippen LogP) is 2.36. The van der Waals surface area contributed by atoms with Gasteiger partial charge in [-0.2, -0.15) is 8.78 Å². The summed E-state index contributed by atoms with van der Waals surface area (Å²) in [5.41, 5.74) is 0. The Morgan fingerprint density at radius 2 is 1.38 bits per heavy atom. The lowest BCUT2D eigenvalue weighted by atomic mass is 10.4. The van der Waals surface area contributed by atoms with Crippen molar-refractivity contribution in [3.63, 3.8) is 0 Å². The first-order valence-electron chi connectivity index (χ1n) is 4.00. The number of halogens is 3. The monoisotopic (exact) mass is 202 g/mol. The Morgan fingerprint density at radius 1 is 1.15 bits per heavy atom. The molecule has 13 heavy (non-hydrogen) atoms. The number of hydrogen-bond acceptors (Lipinski definition) is 2. The van der Waals surface area contributed by atoms with E-state index < -0.39 is 12.8 Å². The van der Waals surface area contributed by atoms with Crippen LogP contribution in [0.15, 0.2) is 0 Å². The van der Waals surface area contributed by atoms with E-state index >= 15 is 0 Å². The molecule has 2 nitrogen and oxygen atoms in total. The minimum Gasteiger partial charge on any atom is -0.376 e. The largest absolute Gasteiger partial charge is 0.381 e. The third-order valence-electron chi connectivity index (χ3n) is 0.705. The van der Waals surface area contributed by atoms with E-state index in [0.717, 1.165) is 0 Å². The summed E-state index contributed by atoms with van der Waals surface area (Å²) in [5.74, 6) is 0. The lowest BCUT2D eigenvalue weighted by Crippen LogP contribution is -2.15. The Morgan fingerprint density at radius 3 is 1.38 bits per heavy atom. The summed E-state index contributed by atoms with van der Waals surface area (Å²) in [6.07, 6.45) is -3.38. The minimum absolute atomic E-state index is 0.375. The topological polar surface area (TPSA) is 29.5 Å². The second kappa shape index (κ2) is 7.15. The molecule has 0 aliphatic heterocycles. The first-order valence-corrected chi connectivity index (χ1v) is 4.00. The quantitative estimate of drug-likeness (QED) is 0.761. The number of alkyl halides is 3. The number of hydrogen-bond donors (Lipinski definition) is 1. The van der Waals surface area contributed by atoms with Crippen molar-refractivity contribution >= 4 is 0 Å². The zero-order valence-electron chi connectivity index (χ0n) is 8.35. The first kappa shape index (κ1) is 15.2. The van der Waals surface area contributed by atoms with Crippen LogP contribution in [-0.2, 0) is 4.74 Å². The molecule has 0 aliphatic rings. The molecular formula is C8H17F3O2. The standard InChI is InChI=1S/C6H14O.C2H3F3O/c1-5(2)7-6(3)4;3-1-2(4,5)6/h5-6H,1-4H3;6H,1H2. The van der Waals surface area contributed by atoms with Crippen molar-refractivity contribution in [2.24, 2.45) is 0 Å². The molecule has 5 heteroatoms. The minimum atomic E-state index is -4.12. The van der Waals surface area contributed by atoms with Gasteiger partial charge in [-0.1, -0.05) is 0 Å². The van der Waals surface area contributed by atoms with E-state index in [1.54, 1.807) is 0 Å². The smallest absolute Gasteiger partial charge is 0.376 e. The van der Waals surface area contributed by atoms with Crippen LogP contribution in [0.1, 0.15) is 27.7 Å². The molecule has 0 aliphatic carbocycles. The summed E-state index contributed by atoms with van der Waals surface area (Å²) in [6.45, 7) is 6.16. The zero-order chi connectivity index (χ0) is 11.1. The maximum absolute atomic E-state index is 10.6. The fraction of sp³-hybridized carbons (Fsp3) is 1.00. The normalized spacial score (nSPS) is 11.5. The highest BCUT2D eigenvalue weighted by Gasteiger charge is 2.22. The van der Waals surface area contributed by atoms with Crippen LogP contribution in [0.2, 0.25) is 0 Å². The van der Waals surface area contributed by atoms with Gasteiger partial charge in [0, 0.05) is 0 Å². The van der Waals surface area contributed by atoms with Gasteiger partial charge < -0.3 is 9.84 Å². The van der Waals surface area contributed by atoms with Gasteiger partial charge in [0.05, 0.1) is 12.2 Å². The molecule has 0 aromatic rings. The molecule has 82 valence electrons. The average molecular weight is 202 g/mol.